The monoisotopic (exact) mass is 237 g/mol. The Kier molecular flexibility index (Phi) is 7.54. The van der Waals surface area contributed by atoms with E-state index in [9.17, 15) is 9.70 Å². The van der Waals surface area contributed by atoms with Gasteiger partial charge >= 0.3 is 5.97 Å². The van der Waals surface area contributed by atoms with Gasteiger partial charge in [0.15, 0.2) is 0 Å². The van der Waals surface area contributed by atoms with Crippen molar-refractivity contribution in [2.75, 3.05) is 12.4 Å². The summed E-state index contributed by atoms with van der Waals surface area (Å²) in [6.45, 7) is 4.98. The lowest BCUT2D eigenvalue weighted by atomic mass is 10.3. The van der Waals surface area contributed by atoms with Crippen LogP contribution in [0, 0.1) is 4.91 Å². The first-order valence-corrected chi connectivity index (χ1v) is 5.00. The highest BCUT2D eigenvalue weighted by Crippen LogP contribution is 2.08. The van der Waals surface area contributed by atoms with Gasteiger partial charge in [0.2, 0.25) is 0 Å². The maximum atomic E-state index is 10.9. The summed E-state index contributed by atoms with van der Waals surface area (Å²) in [5, 5.41) is 0. The Balaban J connectivity index is 3.77. The van der Waals surface area contributed by atoms with Crippen LogP contribution in [-0.2, 0) is 13.7 Å². The fourth-order valence-electron chi connectivity index (χ4n) is 0.514. The molecule has 0 aliphatic heterocycles. The number of ether oxygens (including phenoxy) is 1. The molecule has 1 atom stereocenters. The van der Waals surface area contributed by atoms with Crippen molar-refractivity contribution >= 4 is 30.8 Å². The molecule has 0 aliphatic carbocycles. The van der Waals surface area contributed by atoms with Crippen LogP contribution in [0.4, 0.5) is 0 Å². The predicted octanol–water partition coefficient (Wildman–Crippen LogP) is 1.75. The molecule has 0 aromatic carbocycles. The van der Waals surface area contributed by atoms with Crippen molar-refractivity contribution in [1.29, 1.82) is 0 Å². The van der Waals surface area contributed by atoms with E-state index in [1.807, 2.05) is 0 Å². The Morgan fingerprint density at radius 3 is 2.79 bits per heavy atom. The van der Waals surface area contributed by atoms with E-state index in [4.69, 9.17) is 4.74 Å². The number of rotatable bonds is 7. The van der Waals surface area contributed by atoms with E-state index in [1.165, 1.54) is 0 Å². The molecule has 1 unspecified atom stereocenters. The minimum absolute atomic E-state index is 0.0255. The summed E-state index contributed by atoms with van der Waals surface area (Å²) in [6, 6.07) is 0. The Hall–Kier alpha value is -0.530. The van der Waals surface area contributed by atoms with Gasteiger partial charge in [0.25, 0.3) is 0 Å². The van der Waals surface area contributed by atoms with E-state index >= 15 is 0 Å². The van der Waals surface area contributed by atoms with Crippen LogP contribution in [-0.4, -0.2) is 24.4 Å². The number of esters is 1. The van der Waals surface area contributed by atoms with Crippen LogP contribution in [0.3, 0.4) is 0 Å². The fraction of sp³-hybridized carbons (Fsp3) is 0.571. The molecule has 0 saturated carbocycles. The molecule has 14 heavy (non-hydrogen) atoms. The molecule has 0 rings (SSSR count). The molecule has 0 fully saturated rings. The molecule has 0 N–H and O–H groups in total. The molecule has 0 bridgehead atoms. The Labute approximate surface area is 91.9 Å². The first-order valence-electron chi connectivity index (χ1n) is 3.69. The second-order valence-corrected chi connectivity index (χ2v) is 3.43. The van der Waals surface area contributed by atoms with E-state index in [0.29, 0.717) is 5.57 Å². The van der Waals surface area contributed by atoms with Gasteiger partial charge in [0, 0.05) is 27.9 Å². The third-order valence-corrected chi connectivity index (χ3v) is 2.14. The van der Waals surface area contributed by atoms with Gasteiger partial charge in [0.1, 0.15) is 12.7 Å². The number of hydrogen-bond acceptors (Lipinski definition) is 7. The topological polar surface area (TPSA) is 65.0 Å². The molecule has 0 spiro atoms. The normalized spacial score (nSPS) is 11.9. The van der Waals surface area contributed by atoms with Crippen molar-refractivity contribution in [3.63, 3.8) is 0 Å². The lowest BCUT2D eigenvalue weighted by Gasteiger charge is -2.11. The Morgan fingerprint density at radius 1 is 1.71 bits per heavy atom. The maximum absolute atomic E-state index is 10.9. The molecular formula is C7H11NO4S2. The summed E-state index contributed by atoms with van der Waals surface area (Å²) in [4.78, 5) is 20.7. The quantitative estimate of drug-likeness (QED) is 0.182. The average molecular weight is 237 g/mol. The van der Waals surface area contributed by atoms with Crippen LogP contribution in [0.5, 0.6) is 0 Å². The summed E-state index contributed by atoms with van der Waals surface area (Å²) in [7, 11) is 0. The van der Waals surface area contributed by atoms with Gasteiger partial charge in [-0.15, -0.1) is 4.91 Å². The Morgan fingerprint density at radius 2 is 2.36 bits per heavy atom. The number of thiol groups is 1. The lowest BCUT2D eigenvalue weighted by molar-refractivity contribution is -0.140. The van der Waals surface area contributed by atoms with Gasteiger partial charge < -0.3 is 8.92 Å². The first kappa shape index (κ1) is 13.5. The molecule has 7 heteroatoms. The predicted molar refractivity (Wildman–Crippen MR) is 57.9 cm³/mol. The van der Waals surface area contributed by atoms with Gasteiger partial charge in [0.05, 0.1) is 0 Å². The zero-order chi connectivity index (χ0) is 11.0. The molecule has 0 saturated heterocycles. The van der Waals surface area contributed by atoms with Crippen LogP contribution >= 0.6 is 24.9 Å². The van der Waals surface area contributed by atoms with E-state index in [2.05, 4.69) is 28.3 Å². The van der Waals surface area contributed by atoms with Gasteiger partial charge in [-0.25, -0.2) is 4.79 Å². The number of carbonyl (C=O) groups is 1. The number of carbonyl (C=O) groups excluding carboxylic acids is 1. The van der Waals surface area contributed by atoms with Crippen molar-refractivity contribution in [2.45, 2.75) is 13.0 Å². The van der Waals surface area contributed by atoms with Crippen LogP contribution in [0.25, 0.3) is 0 Å². The molecular weight excluding hydrogens is 226 g/mol. The van der Waals surface area contributed by atoms with E-state index < -0.39 is 12.1 Å². The summed E-state index contributed by atoms with van der Waals surface area (Å²) in [6.07, 6.45) is -0.454. The summed E-state index contributed by atoms with van der Waals surface area (Å²) in [5.41, 5.74) is 0.309. The third kappa shape index (κ3) is 6.01. The van der Waals surface area contributed by atoms with Crippen LogP contribution in [0.1, 0.15) is 6.92 Å². The molecule has 0 aromatic rings. The number of hydrogen-bond donors (Lipinski definition) is 1. The zero-order valence-electron chi connectivity index (χ0n) is 7.63. The van der Waals surface area contributed by atoms with Crippen molar-refractivity contribution in [3.05, 3.63) is 17.1 Å². The first-order chi connectivity index (χ1) is 6.61. The molecule has 0 heterocycles. The Bertz CT molecular complexity index is 222. The molecule has 80 valence electrons. The smallest absolute Gasteiger partial charge is 0.333 e. The van der Waals surface area contributed by atoms with Gasteiger partial charge in [-0.05, 0) is 19.8 Å². The highest BCUT2D eigenvalue weighted by atomic mass is 32.2. The molecule has 0 aliphatic rings. The van der Waals surface area contributed by atoms with Gasteiger partial charge in [-0.2, -0.15) is 0 Å². The molecule has 0 radical (unpaired) electrons. The standard InChI is InChI=1S/C7H11NO4S2/c1-5(2)7(9)11-3-6(12-13)4-14-8-10/h6,13H,1,3-4H2,2H3. The summed E-state index contributed by atoms with van der Waals surface area (Å²) < 4.78 is 12.0. The van der Waals surface area contributed by atoms with E-state index in [-0.39, 0.29) is 12.4 Å². The number of nitrogens with zero attached hydrogens (tertiary/aromatic N) is 1. The van der Waals surface area contributed by atoms with Crippen LogP contribution in [0.2, 0.25) is 0 Å². The van der Waals surface area contributed by atoms with Crippen molar-refractivity contribution < 1.29 is 13.7 Å². The van der Waals surface area contributed by atoms with Gasteiger partial charge in [-0.1, -0.05) is 6.58 Å². The minimum Gasteiger partial charge on any atom is -0.460 e. The molecule has 5 nitrogen and oxygen atoms in total. The van der Waals surface area contributed by atoms with Crippen molar-refractivity contribution in [2.24, 2.45) is 4.58 Å². The summed E-state index contributed by atoms with van der Waals surface area (Å²) in [5.74, 6) is -0.208. The highest BCUT2D eigenvalue weighted by Gasteiger charge is 2.12. The average Bonchev–Trinajstić information content (AvgIpc) is 2.17. The maximum Gasteiger partial charge on any atom is 0.333 e. The molecule has 0 amide bonds. The zero-order valence-corrected chi connectivity index (χ0v) is 9.35. The van der Waals surface area contributed by atoms with E-state index in [0.717, 1.165) is 11.9 Å². The third-order valence-electron chi connectivity index (χ3n) is 1.21. The lowest BCUT2D eigenvalue weighted by Crippen LogP contribution is -2.21. The van der Waals surface area contributed by atoms with Crippen molar-refractivity contribution in [3.8, 4) is 0 Å². The van der Waals surface area contributed by atoms with Crippen LogP contribution in [0.15, 0.2) is 16.7 Å². The SMILES string of the molecule is C=C(C)C(=O)OCC(CSN=O)OS. The van der Waals surface area contributed by atoms with Crippen molar-refractivity contribution in [1.82, 2.24) is 0 Å². The summed E-state index contributed by atoms with van der Waals surface area (Å²) >= 11 is 4.35. The fourth-order valence-corrected chi connectivity index (χ4v) is 1.14. The largest absolute Gasteiger partial charge is 0.460 e. The second-order valence-electron chi connectivity index (χ2n) is 2.48. The van der Waals surface area contributed by atoms with E-state index in [1.54, 1.807) is 6.92 Å². The van der Waals surface area contributed by atoms with Crippen LogP contribution < -0.4 is 0 Å². The second kappa shape index (κ2) is 7.84. The number of nitroso groups, excluding NO2 is 1. The highest BCUT2D eigenvalue weighted by molar-refractivity contribution is 7.97. The minimum atomic E-state index is -0.496. The molecule has 0 aromatic heterocycles. The van der Waals surface area contributed by atoms with Gasteiger partial charge in [-0.3, -0.25) is 0 Å².